The number of aromatic hydroxyl groups is 1. The van der Waals surface area contributed by atoms with E-state index in [1.165, 1.54) is 12.1 Å². The molecule has 2 N–H and O–H groups in total. The third-order valence-electron chi connectivity index (χ3n) is 2.42. The number of nitrogens with zero attached hydrogens (tertiary/aromatic N) is 2. The summed E-state index contributed by atoms with van der Waals surface area (Å²) in [5, 5.41) is 16.3. The predicted octanol–water partition coefficient (Wildman–Crippen LogP) is 1.52. The zero-order chi connectivity index (χ0) is 12.1. The lowest BCUT2D eigenvalue weighted by molar-refractivity contribution is 0.431. The van der Waals surface area contributed by atoms with Crippen LogP contribution in [0.3, 0.4) is 0 Å². The molecule has 17 heavy (non-hydrogen) atoms. The summed E-state index contributed by atoms with van der Waals surface area (Å²) >= 11 is 0. The Hall–Kier alpha value is -1.88. The third-order valence-corrected chi connectivity index (χ3v) is 2.42. The molecule has 0 aliphatic heterocycles. The van der Waals surface area contributed by atoms with Gasteiger partial charge in [0, 0.05) is 25.5 Å². The zero-order valence-corrected chi connectivity index (χ0v) is 9.31. The fourth-order valence-corrected chi connectivity index (χ4v) is 1.52. The van der Waals surface area contributed by atoms with E-state index in [4.69, 9.17) is 5.11 Å². The number of rotatable bonds is 5. The van der Waals surface area contributed by atoms with Crippen molar-refractivity contribution >= 4 is 0 Å². The van der Waals surface area contributed by atoms with Crippen molar-refractivity contribution in [3.63, 3.8) is 0 Å². The van der Waals surface area contributed by atoms with Crippen molar-refractivity contribution in [1.82, 2.24) is 15.1 Å². The first-order chi connectivity index (χ1) is 8.25. The van der Waals surface area contributed by atoms with Crippen LogP contribution in [0.5, 0.6) is 5.75 Å². The smallest absolute Gasteiger partial charge is 0.165 e. The molecular weight excluding hydrogens is 221 g/mol. The van der Waals surface area contributed by atoms with Gasteiger partial charge in [-0.3, -0.25) is 4.68 Å². The Morgan fingerprint density at radius 1 is 1.41 bits per heavy atom. The minimum Gasteiger partial charge on any atom is -0.505 e. The van der Waals surface area contributed by atoms with E-state index in [0.717, 1.165) is 18.7 Å². The zero-order valence-electron chi connectivity index (χ0n) is 9.31. The summed E-state index contributed by atoms with van der Waals surface area (Å²) in [6, 6.07) is 6.25. The number of benzene rings is 1. The van der Waals surface area contributed by atoms with E-state index in [1.807, 2.05) is 16.9 Å². The quantitative estimate of drug-likeness (QED) is 0.772. The summed E-state index contributed by atoms with van der Waals surface area (Å²) in [5.74, 6) is -0.901. The Morgan fingerprint density at radius 3 is 3.00 bits per heavy atom. The molecular formula is C12H14FN3O. The number of hydrogen-bond acceptors (Lipinski definition) is 3. The summed E-state index contributed by atoms with van der Waals surface area (Å²) in [6.45, 7) is 2.09. The molecule has 4 nitrogen and oxygen atoms in total. The lowest BCUT2D eigenvalue weighted by atomic mass is 10.2. The summed E-state index contributed by atoms with van der Waals surface area (Å²) in [4.78, 5) is 0. The first kappa shape index (κ1) is 11.6. The number of hydrogen-bond donors (Lipinski definition) is 2. The van der Waals surface area contributed by atoms with Gasteiger partial charge < -0.3 is 10.4 Å². The maximum absolute atomic E-state index is 13.0. The number of nitrogens with one attached hydrogen (secondary N) is 1. The first-order valence-corrected chi connectivity index (χ1v) is 5.41. The van der Waals surface area contributed by atoms with E-state index in [2.05, 4.69) is 10.4 Å². The van der Waals surface area contributed by atoms with Crippen LogP contribution in [0.25, 0.3) is 0 Å². The maximum atomic E-state index is 13.0. The molecule has 0 atom stereocenters. The fraction of sp³-hybridized carbons (Fsp3) is 0.250. The van der Waals surface area contributed by atoms with Crippen molar-refractivity contribution in [2.75, 3.05) is 6.54 Å². The van der Waals surface area contributed by atoms with Gasteiger partial charge in [-0.15, -0.1) is 0 Å². The van der Waals surface area contributed by atoms with Gasteiger partial charge in [-0.05, 0) is 23.8 Å². The van der Waals surface area contributed by atoms with Gasteiger partial charge in [0.25, 0.3) is 0 Å². The Morgan fingerprint density at radius 2 is 2.29 bits per heavy atom. The molecule has 90 valence electrons. The number of halogens is 1. The van der Waals surface area contributed by atoms with Crippen LogP contribution in [0.1, 0.15) is 5.56 Å². The third kappa shape index (κ3) is 3.29. The highest BCUT2D eigenvalue weighted by Gasteiger charge is 2.00. The molecule has 0 unspecified atom stereocenters. The van der Waals surface area contributed by atoms with Gasteiger partial charge in [0.15, 0.2) is 11.6 Å². The molecule has 0 amide bonds. The van der Waals surface area contributed by atoms with Crippen LogP contribution < -0.4 is 5.32 Å². The lowest BCUT2D eigenvalue weighted by Gasteiger charge is -2.06. The van der Waals surface area contributed by atoms with Gasteiger partial charge in [0.1, 0.15) is 0 Å². The van der Waals surface area contributed by atoms with Crippen LogP contribution in [0.15, 0.2) is 36.7 Å². The SMILES string of the molecule is Oc1ccc(CNCCn2cccn2)cc1F. The molecule has 1 aromatic heterocycles. The molecule has 0 radical (unpaired) electrons. The standard InChI is InChI=1S/C12H14FN3O/c13-11-8-10(2-3-12(11)17)9-14-5-7-16-6-1-4-15-16/h1-4,6,8,14,17H,5,7,9H2. The van der Waals surface area contributed by atoms with Crippen molar-refractivity contribution in [3.05, 3.63) is 48.0 Å². The maximum Gasteiger partial charge on any atom is 0.165 e. The van der Waals surface area contributed by atoms with Gasteiger partial charge in [0.2, 0.25) is 0 Å². The van der Waals surface area contributed by atoms with E-state index in [9.17, 15) is 4.39 Å². The fourth-order valence-electron chi connectivity index (χ4n) is 1.52. The largest absolute Gasteiger partial charge is 0.505 e. The van der Waals surface area contributed by atoms with Crippen molar-refractivity contribution in [1.29, 1.82) is 0 Å². The van der Waals surface area contributed by atoms with E-state index < -0.39 is 5.82 Å². The molecule has 0 fully saturated rings. The van der Waals surface area contributed by atoms with Crippen LogP contribution in [-0.4, -0.2) is 21.4 Å². The minimum absolute atomic E-state index is 0.315. The first-order valence-electron chi connectivity index (χ1n) is 5.41. The Labute approximate surface area is 98.7 Å². The van der Waals surface area contributed by atoms with Crippen molar-refractivity contribution in [2.45, 2.75) is 13.1 Å². The van der Waals surface area contributed by atoms with Crippen LogP contribution in [0, 0.1) is 5.82 Å². The molecule has 0 spiro atoms. The molecule has 0 saturated carbocycles. The average Bonchev–Trinajstić information content (AvgIpc) is 2.82. The molecule has 2 rings (SSSR count). The average molecular weight is 235 g/mol. The molecule has 0 aliphatic carbocycles. The summed E-state index contributed by atoms with van der Waals surface area (Å²) in [7, 11) is 0. The number of aromatic nitrogens is 2. The Kier molecular flexibility index (Phi) is 3.72. The summed E-state index contributed by atoms with van der Waals surface area (Å²) < 4.78 is 14.8. The van der Waals surface area contributed by atoms with Crippen LogP contribution >= 0.6 is 0 Å². The van der Waals surface area contributed by atoms with Gasteiger partial charge >= 0.3 is 0 Å². The monoisotopic (exact) mass is 235 g/mol. The molecule has 1 aromatic carbocycles. The lowest BCUT2D eigenvalue weighted by Crippen LogP contribution is -2.19. The minimum atomic E-state index is -0.587. The number of phenols is 1. The summed E-state index contributed by atoms with van der Waals surface area (Å²) in [6.07, 6.45) is 3.62. The van der Waals surface area contributed by atoms with E-state index in [-0.39, 0.29) is 5.75 Å². The predicted molar refractivity (Wildman–Crippen MR) is 62.0 cm³/mol. The van der Waals surface area contributed by atoms with Crippen LogP contribution in [0.4, 0.5) is 4.39 Å². The van der Waals surface area contributed by atoms with Crippen LogP contribution in [-0.2, 0) is 13.1 Å². The van der Waals surface area contributed by atoms with Crippen molar-refractivity contribution in [3.8, 4) is 5.75 Å². The highest BCUT2D eigenvalue weighted by molar-refractivity contribution is 5.27. The Balaban J connectivity index is 1.76. The van der Waals surface area contributed by atoms with Crippen LogP contribution in [0.2, 0.25) is 0 Å². The second kappa shape index (κ2) is 5.45. The molecule has 0 saturated heterocycles. The highest BCUT2D eigenvalue weighted by Crippen LogP contribution is 2.15. The molecule has 1 heterocycles. The molecule has 0 bridgehead atoms. The molecule has 2 aromatic rings. The van der Waals surface area contributed by atoms with Crippen molar-refractivity contribution in [2.24, 2.45) is 0 Å². The molecule has 0 aliphatic rings. The second-order valence-electron chi connectivity index (χ2n) is 3.73. The Bertz CT molecular complexity index is 471. The van der Waals surface area contributed by atoms with E-state index in [0.29, 0.717) is 6.54 Å². The summed E-state index contributed by atoms with van der Waals surface area (Å²) in [5.41, 5.74) is 0.806. The second-order valence-corrected chi connectivity index (χ2v) is 3.73. The van der Waals surface area contributed by atoms with Gasteiger partial charge in [-0.1, -0.05) is 6.07 Å². The number of phenolic OH excluding ortho intramolecular Hbond substituents is 1. The van der Waals surface area contributed by atoms with E-state index in [1.54, 1.807) is 12.3 Å². The van der Waals surface area contributed by atoms with Gasteiger partial charge in [0.05, 0.1) is 6.54 Å². The topological polar surface area (TPSA) is 50.1 Å². The molecule has 5 heteroatoms. The van der Waals surface area contributed by atoms with Gasteiger partial charge in [-0.2, -0.15) is 5.10 Å². The normalized spacial score (nSPS) is 10.6. The van der Waals surface area contributed by atoms with Gasteiger partial charge in [-0.25, -0.2) is 4.39 Å². The highest BCUT2D eigenvalue weighted by atomic mass is 19.1. The van der Waals surface area contributed by atoms with E-state index >= 15 is 0 Å². The van der Waals surface area contributed by atoms with Crippen molar-refractivity contribution < 1.29 is 9.50 Å².